The Morgan fingerprint density at radius 3 is 2.88 bits per heavy atom. The van der Waals surface area contributed by atoms with Crippen molar-refractivity contribution in [3.8, 4) is 0 Å². The molecule has 0 bridgehead atoms. The minimum Gasteiger partial charge on any atom is -0.369 e. The Hall–Kier alpha value is -1.18. The highest BCUT2D eigenvalue weighted by Crippen LogP contribution is 2.21. The summed E-state index contributed by atoms with van der Waals surface area (Å²) in [6.45, 7) is 1.83. The molecule has 3 nitrogen and oxygen atoms in total. The predicted octanol–water partition coefficient (Wildman–Crippen LogP) is 2.18. The molecule has 0 spiro atoms. The third-order valence-corrected chi connectivity index (χ3v) is 3.05. The van der Waals surface area contributed by atoms with E-state index in [1.54, 1.807) is 0 Å². The second kappa shape index (κ2) is 5.24. The molecule has 0 saturated heterocycles. The fourth-order valence-electron chi connectivity index (χ4n) is 1.85. The van der Waals surface area contributed by atoms with E-state index in [4.69, 9.17) is 5.41 Å². The van der Waals surface area contributed by atoms with Crippen LogP contribution >= 0.6 is 9.39 Å². The Morgan fingerprint density at radius 1 is 1.38 bits per heavy atom. The van der Waals surface area contributed by atoms with Gasteiger partial charge >= 0.3 is 0 Å². The molecule has 1 aliphatic rings. The lowest BCUT2D eigenvalue weighted by molar-refractivity contribution is 0.717. The lowest BCUT2D eigenvalue weighted by atomic mass is 9.97. The van der Waals surface area contributed by atoms with E-state index in [1.165, 1.54) is 0 Å². The van der Waals surface area contributed by atoms with Crippen LogP contribution in [0, 0.1) is 5.41 Å². The van der Waals surface area contributed by atoms with Gasteiger partial charge in [0.1, 0.15) is 0 Å². The van der Waals surface area contributed by atoms with Crippen molar-refractivity contribution in [1.29, 1.82) is 5.41 Å². The summed E-state index contributed by atoms with van der Waals surface area (Å²) in [6, 6.07) is 7.91. The summed E-state index contributed by atoms with van der Waals surface area (Å²) >= 11 is 0. The number of benzene rings is 1. The number of nitrogens with one attached hydrogen (secondary N) is 3. The SMILES string of the molecule is N=C(C1=CCNCC1)c1ccccc1NP. The Labute approximate surface area is 98.1 Å². The Bertz CT molecular complexity index is 426. The first-order chi connectivity index (χ1) is 7.83. The zero-order chi connectivity index (χ0) is 11.4. The quantitative estimate of drug-likeness (QED) is 0.553. The molecule has 0 saturated carbocycles. The molecule has 1 aliphatic heterocycles. The second-order valence-electron chi connectivity index (χ2n) is 3.75. The molecule has 3 N–H and O–H groups in total. The number of rotatable bonds is 3. The van der Waals surface area contributed by atoms with Crippen LogP contribution in [0.15, 0.2) is 35.9 Å². The Balaban J connectivity index is 2.29. The first-order valence-electron chi connectivity index (χ1n) is 5.37. The molecule has 0 radical (unpaired) electrons. The molecule has 16 heavy (non-hydrogen) atoms. The standard InChI is InChI=1S/C12H16N3P/c13-12(9-5-7-14-8-6-9)10-3-1-2-4-11(10)15-16/h1-5,13-15H,6-8,16H2. The average molecular weight is 233 g/mol. The normalized spacial score (nSPS) is 15.4. The molecule has 1 heterocycles. The largest absolute Gasteiger partial charge is 0.369 e. The van der Waals surface area contributed by atoms with Crippen LogP contribution in [0.25, 0.3) is 0 Å². The molecule has 0 aliphatic carbocycles. The third-order valence-electron chi connectivity index (χ3n) is 2.74. The predicted molar refractivity (Wildman–Crippen MR) is 72.2 cm³/mol. The van der Waals surface area contributed by atoms with E-state index in [2.05, 4.69) is 25.9 Å². The van der Waals surface area contributed by atoms with Gasteiger partial charge in [0, 0.05) is 17.8 Å². The van der Waals surface area contributed by atoms with Gasteiger partial charge in [-0.05, 0) is 34.0 Å². The van der Waals surface area contributed by atoms with Crippen LogP contribution in [0.3, 0.4) is 0 Å². The molecule has 0 amide bonds. The van der Waals surface area contributed by atoms with Gasteiger partial charge in [0.25, 0.3) is 0 Å². The number of para-hydroxylation sites is 1. The third kappa shape index (κ3) is 2.31. The van der Waals surface area contributed by atoms with Gasteiger partial charge in [-0.15, -0.1) is 0 Å². The molecule has 84 valence electrons. The van der Waals surface area contributed by atoms with Crippen LogP contribution in [-0.2, 0) is 0 Å². The van der Waals surface area contributed by atoms with Crippen molar-refractivity contribution in [2.45, 2.75) is 6.42 Å². The molecule has 1 aromatic rings. The van der Waals surface area contributed by atoms with Gasteiger partial charge in [-0.3, -0.25) is 5.41 Å². The smallest absolute Gasteiger partial charge is 0.0662 e. The van der Waals surface area contributed by atoms with Crippen molar-refractivity contribution < 1.29 is 0 Å². The molecular formula is C12H16N3P. The summed E-state index contributed by atoms with van der Waals surface area (Å²) in [7, 11) is 2.48. The monoisotopic (exact) mass is 233 g/mol. The Kier molecular flexibility index (Phi) is 3.70. The maximum Gasteiger partial charge on any atom is 0.0662 e. The fraction of sp³-hybridized carbons (Fsp3) is 0.250. The highest BCUT2D eigenvalue weighted by molar-refractivity contribution is 7.18. The summed E-state index contributed by atoms with van der Waals surface area (Å²) in [6.07, 6.45) is 3.04. The second-order valence-corrected chi connectivity index (χ2v) is 4.04. The molecular weight excluding hydrogens is 217 g/mol. The summed E-state index contributed by atoms with van der Waals surface area (Å²) in [4.78, 5) is 0. The topological polar surface area (TPSA) is 47.9 Å². The van der Waals surface area contributed by atoms with E-state index < -0.39 is 0 Å². The van der Waals surface area contributed by atoms with Crippen molar-refractivity contribution in [3.05, 3.63) is 41.5 Å². The summed E-state index contributed by atoms with van der Waals surface area (Å²) < 4.78 is 0. The zero-order valence-electron chi connectivity index (χ0n) is 9.09. The van der Waals surface area contributed by atoms with Crippen molar-refractivity contribution >= 4 is 20.8 Å². The van der Waals surface area contributed by atoms with E-state index in [0.29, 0.717) is 5.71 Å². The first kappa shape index (κ1) is 11.3. The maximum atomic E-state index is 8.22. The fourth-order valence-corrected chi connectivity index (χ4v) is 2.10. The van der Waals surface area contributed by atoms with Crippen LogP contribution in [0.1, 0.15) is 12.0 Å². The van der Waals surface area contributed by atoms with Crippen molar-refractivity contribution in [1.82, 2.24) is 5.32 Å². The van der Waals surface area contributed by atoms with Gasteiger partial charge in [-0.2, -0.15) is 0 Å². The number of hydrogen-bond donors (Lipinski definition) is 3. The molecule has 0 aromatic heterocycles. The van der Waals surface area contributed by atoms with Crippen molar-refractivity contribution in [3.63, 3.8) is 0 Å². The summed E-state index contributed by atoms with van der Waals surface area (Å²) in [5, 5.41) is 14.5. The zero-order valence-corrected chi connectivity index (χ0v) is 10.2. The van der Waals surface area contributed by atoms with Crippen LogP contribution in [0.4, 0.5) is 5.69 Å². The summed E-state index contributed by atoms with van der Waals surface area (Å²) in [5.74, 6) is 0. The van der Waals surface area contributed by atoms with Gasteiger partial charge in [-0.1, -0.05) is 24.3 Å². The highest BCUT2D eigenvalue weighted by Gasteiger charge is 2.12. The lowest BCUT2D eigenvalue weighted by Gasteiger charge is -2.17. The van der Waals surface area contributed by atoms with Gasteiger partial charge < -0.3 is 10.4 Å². The molecule has 0 fully saturated rings. The minimum atomic E-state index is 0.632. The van der Waals surface area contributed by atoms with E-state index >= 15 is 0 Å². The van der Waals surface area contributed by atoms with Gasteiger partial charge in [0.05, 0.1) is 5.71 Å². The van der Waals surface area contributed by atoms with Crippen molar-refractivity contribution in [2.24, 2.45) is 0 Å². The van der Waals surface area contributed by atoms with Gasteiger partial charge in [0.2, 0.25) is 0 Å². The van der Waals surface area contributed by atoms with Gasteiger partial charge in [0.15, 0.2) is 0 Å². The molecule has 4 heteroatoms. The summed E-state index contributed by atoms with van der Waals surface area (Å²) in [5.41, 5.74) is 3.71. The van der Waals surface area contributed by atoms with E-state index in [1.807, 2.05) is 24.3 Å². The van der Waals surface area contributed by atoms with E-state index in [0.717, 1.165) is 36.3 Å². The van der Waals surface area contributed by atoms with Crippen LogP contribution in [0.5, 0.6) is 0 Å². The van der Waals surface area contributed by atoms with Crippen LogP contribution in [-0.4, -0.2) is 18.8 Å². The highest BCUT2D eigenvalue weighted by atomic mass is 31.0. The van der Waals surface area contributed by atoms with E-state index in [-0.39, 0.29) is 0 Å². The number of hydrogen-bond acceptors (Lipinski definition) is 3. The van der Waals surface area contributed by atoms with E-state index in [9.17, 15) is 0 Å². The first-order valence-corrected chi connectivity index (χ1v) is 5.95. The number of anilines is 1. The van der Waals surface area contributed by atoms with Crippen LogP contribution < -0.4 is 10.4 Å². The molecule has 1 aromatic carbocycles. The van der Waals surface area contributed by atoms with Gasteiger partial charge in [-0.25, -0.2) is 0 Å². The molecule has 1 atom stereocenters. The van der Waals surface area contributed by atoms with Crippen LogP contribution in [0.2, 0.25) is 0 Å². The van der Waals surface area contributed by atoms with Crippen molar-refractivity contribution in [2.75, 3.05) is 18.2 Å². The maximum absolute atomic E-state index is 8.22. The molecule has 1 unspecified atom stereocenters. The Morgan fingerprint density at radius 2 is 2.19 bits per heavy atom. The lowest BCUT2D eigenvalue weighted by Crippen LogP contribution is -2.23. The molecule has 2 rings (SSSR count). The average Bonchev–Trinajstić information content (AvgIpc) is 2.39. The minimum absolute atomic E-state index is 0.632.